The first kappa shape index (κ1) is 44.8. The molecule has 0 saturated carbocycles. The average Bonchev–Trinajstić information content (AvgIpc) is 3.85. The number of nitrogen functional groups attached to an aromatic ring is 1. The number of phosphoric acid groups is 1. The average molecular weight is 815 g/mol. The summed E-state index contributed by atoms with van der Waals surface area (Å²) in [6.07, 6.45) is 15.9. The van der Waals surface area contributed by atoms with E-state index >= 15 is 0 Å². The van der Waals surface area contributed by atoms with Crippen molar-refractivity contribution in [1.29, 1.82) is 5.26 Å². The van der Waals surface area contributed by atoms with Gasteiger partial charge in [-0.05, 0) is 62.9 Å². The normalized spacial score (nSPS) is 23.0. The van der Waals surface area contributed by atoms with E-state index in [-0.39, 0.29) is 24.6 Å². The van der Waals surface area contributed by atoms with Crippen molar-refractivity contribution >= 4 is 25.9 Å². The zero-order valence-electron chi connectivity index (χ0n) is 33.7. The largest absolute Gasteiger partial charge is 0.472 e. The van der Waals surface area contributed by atoms with Crippen molar-refractivity contribution in [2.75, 3.05) is 18.9 Å². The number of hydrogen-bond acceptors (Lipinski definition) is 12. The second-order valence-electron chi connectivity index (χ2n) is 15.6. The van der Waals surface area contributed by atoms with Crippen LogP contribution in [-0.2, 0) is 39.2 Å². The van der Waals surface area contributed by atoms with Crippen LogP contribution >= 0.6 is 7.82 Å². The number of aliphatic imine (C=N–C) groups is 1. The monoisotopic (exact) mass is 814 g/mol. The molecule has 2 aliphatic heterocycles. The Bertz CT molecular complexity index is 1840. The quantitative estimate of drug-likeness (QED) is 0.0446. The van der Waals surface area contributed by atoms with Crippen LogP contribution in [0.5, 0.6) is 0 Å². The Hall–Kier alpha value is -3.32. The smallest absolute Gasteiger partial charge is 0.382 e. The number of fused-ring (bicyclic) bond motifs is 2. The lowest BCUT2D eigenvalue weighted by Gasteiger charge is -2.31. The van der Waals surface area contributed by atoms with E-state index in [1.54, 1.807) is 36.6 Å². The number of nitriles is 1. The van der Waals surface area contributed by atoms with Gasteiger partial charge in [0.15, 0.2) is 11.6 Å². The summed E-state index contributed by atoms with van der Waals surface area (Å²) in [5, 5.41) is 13.6. The molecule has 314 valence electrons. The van der Waals surface area contributed by atoms with E-state index in [0.29, 0.717) is 23.2 Å². The molecule has 4 heterocycles. The Morgan fingerprint density at radius 1 is 1.02 bits per heavy atom. The van der Waals surface area contributed by atoms with Gasteiger partial charge in [0.25, 0.3) is 0 Å². The van der Waals surface area contributed by atoms with Gasteiger partial charge in [0.05, 0.1) is 36.6 Å². The molecule has 6 atom stereocenters. The molecular weight excluding hydrogens is 754 g/mol. The van der Waals surface area contributed by atoms with Crippen molar-refractivity contribution in [3.63, 3.8) is 0 Å². The fourth-order valence-corrected chi connectivity index (χ4v) is 8.38. The minimum atomic E-state index is -4.73. The maximum Gasteiger partial charge on any atom is 0.472 e. The van der Waals surface area contributed by atoms with Crippen molar-refractivity contribution in [2.45, 2.75) is 160 Å². The molecule has 5 rings (SSSR count). The maximum atomic E-state index is 14.2. The first-order valence-electron chi connectivity index (χ1n) is 20.4. The summed E-state index contributed by atoms with van der Waals surface area (Å²) in [6.45, 7) is 8.62. The van der Waals surface area contributed by atoms with Crippen molar-refractivity contribution in [3.8, 4) is 6.07 Å². The number of halogens is 1. The lowest BCUT2D eigenvalue weighted by atomic mass is 10.0. The maximum absolute atomic E-state index is 14.2. The molecule has 1 unspecified atom stereocenters. The Morgan fingerprint density at radius 2 is 1.68 bits per heavy atom. The van der Waals surface area contributed by atoms with Crippen LogP contribution in [0, 0.1) is 17.1 Å². The van der Waals surface area contributed by atoms with Gasteiger partial charge in [0.2, 0.25) is 5.72 Å². The van der Waals surface area contributed by atoms with Gasteiger partial charge >= 0.3 is 7.82 Å². The molecule has 16 heteroatoms. The Labute approximate surface area is 335 Å². The van der Waals surface area contributed by atoms with E-state index in [4.69, 9.17) is 33.7 Å². The highest BCUT2D eigenvalue weighted by atomic mass is 31.2. The minimum absolute atomic E-state index is 0.0183. The number of hydrogen-bond donors (Lipinski definition) is 2. The van der Waals surface area contributed by atoms with E-state index < -0.39 is 56.2 Å². The van der Waals surface area contributed by atoms with E-state index in [1.165, 1.54) is 76.6 Å². The Kier molecular flexibility index (Phi) is 16.6. The van der Waals surface area contributed by atoms with Crippen LogP contribution in [0.25, 0.3) is 5.52 Å². The van der Waals surface area contributed by atoms with Crippen LogP contribution in [0.1, 0.15) is 140 Å². The number of anilines is 1. The zero-order chi connectivity index (χ0) is 40.9. The summed E-state index contributed by atoms with van der Waals surface area (Å²) in [5.74, 6) is -1.31. The molecule has 0 bridgehead atoms. The van der Waals surface area contributed by atoms with Crippen LogP contribution < -0.4 is 5.73 Å². The van der Waals surface area contributed by atoms with E-state index in [9.17, 15) is 19.1 Å². The molecule has 1 aromatic carbocycles. The standard InChI is InChI=1S/C41H60FN6O8P/c1-5-6-7-8-9-10-11-12-13-14-15-16-17-18-19-33(51-26-31-22-30(25-43)23-32(42)24-31)27-52-57(49,50)53-28-41(45-4)38-37(54-40(2,3)56-38)36(55-41)34-20-21-35-39(44)46-29-47-48(34)35/h20-24,29,33,36-38H,4-19,26-28H2,1-3H3,(H,49,50)(H2,44,46,47)/t33-,36+,37+,38+,41-/m1/s1. The number of nitrogens with zero attached hydrogens (tertiary/aromatic N) is 5. The molecule has 57 heavy (non-hydrogen) atoms. The molecule has 0 radical (unpaired) electrons. The fraction of sp³-hybridized carbons (Fsp3) is 0.659. The molecular formula is C41H60FN6O8P. The van der Waals surface area contributed by atoms with Crippen molar-refractivity contribution < 1.29 is 41.8 Å². The van der Waals surface area contributed by atoms with Crippen LogP contribution in [-0.4, -0.2) is 69.2 Å². The predicted molar refractivity (Wildman–Crippen MR) is 214 cm³/mol. The van der Waals surface area contributed by atoms with Crippen LogP contribution in [0.15, 0.2) is 41.7 Å². The summed E-state index contributed by atoms with van der Waals surface area (Å²) in [7, 11) is -4.73. The van der Waals surface area contributed by atoms with Crippen molar-refractivity contribution in [3.05, 3.63) is 59.3 Å². The highest BCUT2D eigenvalue weighted by molar-refractivity contribution is 7.47. The highest BCUT2D eigenvalue weighted by Gasteiger charge is 2.64. The van der Waals surface area contributed by atoms with Crippen molar-refractivity contribution in [1.82, 2.24) is 14.6 Å². The first-order chi connectivity index (χ1) is 27.4. The topological polar surface area (TPSA) is 185 Å². The third kappa shape index (κ3) is 12.6. The number of nitrogens with two attached hydrogens (primary N) is 1. The SMILES string of the molecule is C=N[C@]1(COP(=O)(O)OC[C@@H](CCCCCCCCCCCCCCCC)OCc2cc(F)cc(C#N)c2)O[C@@H](c2ccc3c(N)ncnn23)[C@@H]2OC(C)(C)O[C@@H]21. The molecule has 0 amide bonds. The van der Waals surface area contributed by atoms with E-state index in [2.05, 4.69) is 28.7 Å². The number of aromatic nitrogens is 3. The number of phosphoric ester groups is 1. The van der Waals surface area contributed by atoms with Gasteiger partial charge in [-0.25, -0.2) is 18.5 Å². The molecule has 0 aliphatic carbocycles. The van der Waals surface area contributed by atoms with Gasteiger partial charge in [-0.1, -0.05) is 96.8 Å². The van der Waals surface area contributed by atoms with Gasteiger partial charge in [-0.15, -0.1) is 0 Å². The Balaban J connectivity index is 1.15. The molecule has 14 nitrogen and oxygen atoms in total. The number of rotatable bonds is 26. The lowest BCUT2D eigenvalue weighted by Crippen LogP contribution is -2.45. The van der Waals surface area contributed by atoms with Gasteiger partial charge < -0.3 is 29.6 Å². The predicted octanol–water partition coefficient (Wildman–Crippen LogP) is 8.90. The van der Waals surface area contributed by atoms with Crippen LogP contribution in [0.3, 0.4) is 0 Å². The van der Waals surface area contributed by atoms with E-state index in [0.717, 1.165) is 31.7 Å². The second-order valence-corrected chi connectivity index (χ2v) is 17.0. The zero-order valence-corrected chi connectivity index (χ0v) is 34.5. The fourth-order valence-electron chi connectivity index (χ4n) is 7.60. The third-order valence-corrected chi connectivity index (χ3v) is 11.5. The third-order valence-electron chi connectivity index (χ3n) is 10.6. The summed E-state index contributed by atoms with van der Waals surface area (Å²) in [6, 6.07) is 9.47. The molecule has 3 N–H and O–H groups in total. The summed E-state index contributed by atoms with van der Waals surface area (Å²) >= 11 is 0. The van der Waals surface area contributed by atoms with Gasteiger partial charge in [-0.3, -0.25) is 14.0 Å². The molecule has 0 spiro atoms. The minimum Gasteiger partial charge on any atom is -0.382 e. The van der Waals surface area contributed by atoms with Crippen LogP contribution in [0.4, 0.5) is 10.2 Å². The Morgan fingerprint density at radius 3 is 2.33 bits per heavy atom. The van der Waals surface area contributed by atoms with Crippen molar-refractivity contribution in [2.24, 2.45) is 4.99 Å². The second kappa shape index (κ2) is 21.1. The van der Waals surface area contributed by atoms with Crippen LogP contribution in [0.2, 0.25) is 0 Å². The van der Waals surface area contributed by atoms with Gasteiger partial charge in [0, 0.05) is 0 Å². The first-order valence-corrected chi connectivity index (χ1v) is 21.9. The highest BCUT2D eigenvalue weighted by Crippen LogP contribution is 2.53. The molecule has 3 aromatic rings. The summed E-state index contributed by atoms with van der Waals surface area (Å²) in [4.78, 5) is 19.2. The lowest BCUT2D eigenvalue weighted by molar-refractivity contribution is -0.214. The number of unbranched alkanes of at least 4 members (excludes halogenated alkanes) is 13. The molecule has 2 saturated heterocycles. The summed E-state index contributed by atoms with van der Waals surface area (Å²) in [5.41, 5.74) is 6.19. The number of benzene rings is 1. The molecule has 2 fully saturated rings. The van der Waals surface area contributed by atoms with Gasteiger partial charge in [-0.2, -0.15) is 10.4 Å². The summed E-state index contributed by atoms with van der Waals surface area (Å²) < 4.78 is 65.2. The molecule has 2 aliphatic rings. The number of ether oxygens (including phenoxy) is 4. The molecule has 2 aromatic heterocycles. The van der Waals surface area contributed by atoms with Gasteiger partial charge in [0.1, 0.15) is 42.6 Å². The van der Waals surface area contributed by atoms with E-state index in [1.807, 2.05) is 6.07 Å².